The van der Waals surface area contributed by atoms with Crippen LogP contribution in [-0.2, 0) is 4.79 Å². The predicted molar refractivity (Wildman–Crippen MR) is 71.0 cm³/mol. The third kappa shape index (κ3) is 1.87. The zero-order chi connectivity index (χ0) is 14.3. The smallest absolute Gasteiger partial charge is 0.247 e. The minimum Gasteiger partial charge on any atom is -0.318 e. The van der Waals surface area contributed by atoms with Crippen LogP contribution in [0.1, 0.15) is 11.6 Å². The van der Waals surface area contributed by atoms with Gasteiger partial charge in [0.1, 0.15) is 17.7 Å². The molecule has 0 bridgehead atoms. The maximum Gasteiger partial charge on any atom is 0.247 e. The Hall–Kier alpha value is -2.27. The fraction of sp³-hybridized carbons (Fsp3) is 0.133. The molecule has 2 atom stereocenters. The Labute approximate surface area is 114 Å². The summed E-state index contributed by atoms with van der Waals surface area (Å²) in [6, 6.07) is 10.3. The molecule has 1 heterocycles. The van der Waals surface area contributed by atoms with Gasteiger partial charge in [0.15, 0.2) is 0 Å². The van der Waals surface area contributed by atoms with Crippen LogP contribution in [-0.4, -0.2) is 11.9 Å². The van der Waals surface area contributed by atoms with E-state index in [9.17, 15) is 13.6 Å². The van der Waals surface area contributed by atoms with Crippen molar-refractivity contribution in [2.45, 2.75) is 12.1 Å². The van der Waals surface area contributed by atoms with Gasteiger partial charge in [-0.2, -0.15) is 0 Å². The number of rotatable bonds is 2. The Morgan fingerprint density at radius 3 is 2.50 bits per heavy atom. The predicted octanol–water partition coefficient (Wildman–Crippen LogP) is 2.38. The molecule has 1 fully saturated rings. The third-order valence-electron chi connectivity index (χ3n) is 3.45. The quantitative estimate of drug-likeness (QED) is 0.855. The second-order valence-electron chi connectivity index (χ2n) is 4.68. The molecule has 0 spiro atoms. The molecule has 5 heteroatoms. The first-order chi connectivity index (χ1) is 9.59. The van der Waals surface area contributed by atoms with E-state index < -0.39 is 23.7 Å². The molecule has 3 rings (SSSR count). The molecule has 0 saturated carbocycles. The second kappa shape index (κ2) is 4.68. The molecule has 1 aliphatic rings. The van der Waals surface area contributed by atoms with Gasteiger partial charge in [-0.05, 0) is 24.3 Å². The van der Waals surface area contributed by atoms with Gasteiger partial charge in [0.2, 0.25) is 5.91 Å². The lowest BCUT2D eigenvalue weighted by Crippen LogP contribution is -2.63. The number of hydrogen-bond acceptors (Lipinski definition) is 2. The summed E-state index contributed by atoms with van der Waals surface area (Å²) in [6.45, 7) is 0. The number of amides is 1. The SMILES string of the molecule is N[C@@H]1C(=O)N(c2cccc(F)c2)[C@H]1c1ccccc1F. The zero-order valence-electron chi connectivity index (χ0n) is 10.5. The largest absolute Gasteiger partial charge is 0.318 e. The van der Waals surface area contributed by atoms with Crippen molar-refractivity contribution in [1.82, 2.24) is 0 Å². The van der Waals surface area contributed by atoms with E-state index in [0.29, 0.717) is 11.3 Å². The first kappa shape index (κ1) is 12.7. The van der Waals surface area contributed by atoms with Crippen LogP contribution in [0.15, 0.2) is 48.5 Å². The fourth-order valence-electron chi connectivity index (χ4n) is 2.47. The summed E-state index contributed by atoms with van der Waals surface area (Å²) in [4.78, 5) is 13.2. The van der Waals surface area contributed by atoms with Crippen LogP contribution in [0.25, 0.3) is 0 Å². The second-order valence-corrected chi connectivity index (χ2v) is 4.68. The molecule has 1 aliphatic heterocycles. The number of nitrogens with zero attached hydrogens (tertiary/aromatic N) is 1. The number of carbonyl (C=O) groups excluding carboxylic acids is 1. The van der Waals surface area contributed by atoms with Gasteiger partial charge in [-0.1, -0.05) is 24.3 Å². The summed E-state index contributed by atoms with van der Waals surface area (Å²) < 4.78 is 27.1. The maximum absolute atomic E-state index is 13.9. The maximum atomic E-state index is 13.9. The van der Waals surface area contributed by atoms with Gasteiger partial charge in [-0.3, -0.25) is 4.79 Å². The van der Waals surface area contributed by atoms with Gasteiger partial charge in [0.25, 0.3) is 0 Å². The highest BCUT2D eigenvalue weighted by atomic mass is 19.1. The molecule has 0 unspecified atom stereocenters. The summed E-state index contributed by atoms with van der Waals surface area (Å²) in [6.07, 6.45) is 0. The highest BCUT2D eigenvalue weighted by molar-refractivity contribution is 6.05. The van der Waals surface area contributed by atoms with Gasteiger partial charge in [-0.25, -0.2) is 8.78 Å². The van der Waals surface area contributed by atoms with E-state index in [2.05, 4.69) is 0 Å². The van der Waals surface area contributed by atoms with Crippen molar-refractivity contribution in [2.75, 3.05) is 4.90 Å². The number of nitrogens with two attached hydrogens (primary N) is 1. The molecule has 20 heavy (non-hydrogen) atoms. The number of carbonyl (C=O) groups is 1. The van der Waals surface area contributed by atoms with Gasteiger partial charge >= 0.3 is 0 Å². The van der Waals surface area contributed by atoms with E-state index in [-0.39, 0.29) is 5.91 Å². The van der Waals surface area contributed by atoms with Crippen molar-refractivity contribution in [3.8, 4) is 0 Å². The van der Waals surface area contributed by atoms with E-state index in [1.54, 1.807) is 24.3 Å². The standard InChI is InChI=1S/C15H12F2N2O/c16-9-4-3-5-10(8-9)19-14(13(18)15(19)20)11-6-1-2-7-12(11)17/h1-8,13-14H,18H2/t13-,14-/m0/s1. The van der Waals surface area contributed by atoms with Crippen LogP contribution >= 0.6 is 0 Å². The summed E-state index contributed by atoms with van der Waals surface area (Å²) >= 11 is 0. The lowest BCUT2D eigenvalue weighted by molar-refractivity contribution is -0.126. The van der Waals surface area contributed by atoms with Crippen LogP contribution < -0.4 is 10.6 Å². The summed E-state index contributed by atoms with van der Waals surface area (Å²) in [7, 11) is 0. The minimum absolute atomic E-state index is 0.337. The Morgan fingerprint density at radius 1 is 1.05 bits per heavy atom. The van der Waals surface area contributed by atoms with Crippen molar-refractivity contribution in [3.63, 3.8) is 0 Å². The normalized spacial score (nSPS) is 21.8. The Morgan fingerprint density at radius 2 is 1.80 bits per heavy atom. The molecule has 1 saturated heterocycles. The minimum atomic E-state index is -0.810. The molecule has 0 aliphatic carbocycles. The lowest BCUT2D eigenvalue weighted by atomic mass is 9.88. The number of anilines is 1. The molecule has 0 aromatic heterocycles. The van der Waals surface area contributed by atoms with Crippen LogP contribution in [0.4, 0.5) is 14.5 Å². The first-order valence-electron chi connectivity index (χ1n) is 6.18. The van der Waals surface area contributed by atoms with E-state index in [1.807, 2.05) is 0 Å². The van der Waals surface area contributed by atoms with Crippen molar-refractivity contribution < 1.29 is 13.6 Å². The summed E-state index contributed by atoms with van der Waals surface area (Å²) in [5.74, 6) is -1.23. The summed E-state index contributed by atoms with van der Waals surface area (Å²) in [5, 5.41) is 0. The lowest BCUT2D eigenvalue weighted by Gasteiger charge is -2.45. The Kier molecular flexibility index (Phi) is 2.99. The van der Waals surface area contributed by atoms with E-state index >= 15 is 0 Å². The third-order valence-corrected chi connectivity index (χ3v) is 3.45. The van der Waals surface area contributed by atoms with Crippen LogP contribution in [0.3, 0.4) is 0 Å². The molecule has 2 N–H and O–H groups in total. The highest BCUT2D eigenvalue weighted by Gasteiger charge is 2.47. The van der Waals surface area contributed by atoms with Crippen molar-refractivity contribution in [1.29, 1.82) is 0 Å². The van der Waals surface area contributed by atoms with Gasteiger partial charge in [0.05, 0.1) is 6.04 Å². The molecule has 2 aromatic rings. The van der Waals surface area contributed by atoms with Gasteiger partial charge in [0, 0.05) is 11.3 Å². The topological polar surface area (TPSA) is 46.3 Å². The van der Waals surface area contributed by atoms with E-state index in [0.717, 1.165) is 0 Å². The fourth-order valence-corrected chi connectivity index (χ4v) is 2.47. The molecule has 102 valence electrons. The number of halogens is 2. The molecule has 2 aromatic carbocycles. The van der Waals surface area contributed by atoms with Gasteiger partial charge in [-0.15, -0.1) is 0 Å². The average molecular weight is 274 g/mol. The molecular formula is C15H12F2N2O. The monoisotopic (exact) mass is 274 g/mol. The van der Waals surface area contributed by atoms with Crippen molar-refractivity contribution in [3.05, 3.63) is 65.7 Å². The zero-order valence-corrected chi connectivity index (χ0v) is 10.5. The number of benzene rings is 2. The highest BCUT2D eigenvalue weighted by Crippen LogP contribution is 2.39. The van der Waals surface area contributed by atoms with Crippen LogP contribution in [0.2, 0.25) is 0 Å². The Balaban J connectivity index is 2.02. The molecule has 3 nitrogen and oxygen atoms in total. The van der Waals surface area contributed by atoms with Crippen LogP contribution in [0.5, 0.6) is 0 Å². The van der Waals surface area contributed by atoms with Crippen molar-refractivity contribution in [2.24, 2.45) is 5.73 Å². The molecular weight excluding hydrogens is 262 g/mol. The number of β-lactam (4-membered cyclic amide) rings is 1. The van der Waals surface area contributed by atoms with E-state index in [4.69, 9.17) is 5.73 Å². The number of hydrogen-bond donors (Lipinski definition) is 1. The summed E-state index contributed by atoms with van der Waals surface area (Å²) in [5.41, 5.74) is 6.50. The first-order valence-corrected chi connectivity index (χ1v) is 6.18. The Bertz CT molecular complexity index is 674. The van der Waals surface area contributed by atoms with Crippen molar-refractivity contribution >= 4 is 11.6 Å². The van der Waals surface area contributed by atoms with Crippen LogP contribution in [0, 0.1) is 11.6 Å². The molecule has 1 amide bonds. The average Bonchev–Trinajstić information content (AvgIpc) is 2.45. The van der Waals surface area contributed by atoms with Gasteiger partial charge < -0.3 is 10.6 Å². The molecule has 0 radical (unpaired) electrons. The van der Waals surface area contributed by atoms with E-state index in [1.165, 1.54) is 29.2 Å².